The van der Waals surface area contributed by atoms with Crippen LogP contribution in [0, 0.1) is 0 Å². The molecule has 6 nitrogen and oxygen atoms in total. The lowest BCUT2D eigenvalue weighted by Crippen LogP contribution is -2.22. The van der Waals surface area contributed by atoms with E-state index in [1.165, 1.54) is 6.07 Å². The summed E-state index contributed by atoms with van der Waals surface area (Å²) in [7, 11) is 0. The van der Waals surface area contributed by atoms with Crippen molar-refractivity contribution in [3.05, 3.63) is 70.7 Å². The van der Waals surface area contributed by atoms with Crippen LogP contribution in [0.1, 0.15) is 12.8 Å². The van der Waals surface area contributed by atoms with Crippen LogP contribution in [-0.2, 0) is 19.1 Å². The molecule has 0 radical (unpaired) electrons. The maximum atomic E-state index is 12.2. The van der Waals surface area contributed by atoms with E-state index in [2.05, 4.69) is 10.6 Å². The molecule has 2 amide bonds. The Hall–Kier alpha value is -3.09. The molecule has 0 saturated heterocycles. The van der Waals surface area contributed by atoms with Crippen LogP contribution in [0.2, 0.25) is 10.0 Å². The van der Waals surface area contributed by atoms with Gasteiger partial charge in [-0.15, -0.1) is 0 Å². The maximum Gasteiger partial charge on any atom is 0.306 e. The first-order valence-electron chi connectivity index (χ1n) is 9.10. The molecule has 0 aromatic heterocycles. The van der Waals surface area contributed by atoms with Gasteiger partial charge in [-0.1, -0.05) is 59.6 Å². The number of anilines is 2. The zero-order chi connectivity index (χ0) is 21.5. The van der Waals surface area contributed by atoms with Gasteiger partial charge in [-0.2, -0.15) is 0 Å². The predicted molar refractivity (Wildman–Crippen MR) is 118 cm³/mol. The molecule has 0 spiro atoms. The molecule has 0 aliphatic rings. The minimum absolute atomic E-state index is 0.0628. The molecule has 0 saturated carbocycles. The molecule has 0 atom stereocenters. The Morgan fingerprint density at radius 1 is 0.800 bits per heavy atom. The Morgan fingerprint density at radius 2 is 1.53 bits per heavy atom. The topological polar surface area (TPSA) is 84.5 Å². The fraction of sp³-hybridized carbons (Fsp3) is 0.136. The van der Waals surface area contributed by atoms with Gasteiger partial charge >= 0.3 is 5.97 Å². The van der Waals surface area contributed by atoms with E-state index in [1.54, 1.807) is 18.2 Å². The van der Waals surface area contributed by atoms with E-state index in [9.17, 15) is 14.4 Å². The second kappa shape index (κ2) is 10.1. The van der Waals surface area contributed by atoms with Gasteiger partial charge in [0.1, 0.15) is 0 Å². The summed E-state index contributed by atoms with van der Waals surface area (Å²) in [6.07, 6.45) is -0.210. The highest BCUT2D eigenvalue weighted by molar-refractivity contribution is 6.36. The summed E-state index contributed by atoms with van der Waals surface area (Å²) < 4.78 is 4.91. The monoisotopic (exact) mass is 444 g/mol. The lowest BCUT2D eigenvalue weighted by atomic mass is 10.1. The molecule has 30 heavy (non-hydrogen) atoms. The standard InChI is InChI=1S/C22H18Cl2N2O4/c23-15-8-9-19(17(24)12-15)26-21(28)13-30-22(29)11-10-20(27)25-18-7-3-5-14-4-1-2-6-16(14)18/h1-9,12H,10-11,13H2,(H,25,27)(H,26,28). The molecule has 8 heteroatoms. The Bertz CT molecular complexity index is 1100. The van der Waals surface area contributed by atoms with E-state index >= 15 is 0 Å². The zero-order valence-corrected chi connectivity index (χ0v) is 17.3. The van der Waals surface area contributed by atoms with Crippen molar-refractivity contribution in [2.24, 2.45) is 0 Å². The van der Waals surface area contributed by atoms with Crippen molar-refractivity contribution in [1.29, 1.82) is 0 Å². The summed E-state index contributed by atoms with van der Waals surface area (Å²) in [5.41, 5.74) is 1.03. The molecular formula is C22H18Cl2N2O4. The van der Waals surface area contributed by atoms with Gasteiger partial charge in [-0.3, -0.25) is 14.4 Å². The van der Waals surface area contributed by atoms with Gasteiger partial charge < -0.3 is 15.4 Å². The molecule has 154 valence electrons. The minimum atomic E-state index is -0.652. The van der Waals surface area contributed by atoms with Gasteiger partial charge in [0, 0.05) is 22.5 Å². The van der Waals surface area contributed by atoms with Crippen molar-refractivity contribution in [3.63, 3.8) is 0 Å². The lowest BCUT2D eigenvalue weighted by molar-refractivity contribution is -0.147. The fourth-order valence-corrected chi connectivity index (χ4v) is 3.21. The third-order valence-corrected chi connectivity index (χ3v) is 4.74. The average Bonchev–Trinajstić information content (AvgIpc) is 2.73. The van der Waals surface area contributed by atoms with Gasteiger partial charge in [-0.05, 0) is 29.7 Å². The van der Waals surface area contributed by atoms with E-state index in [0.717, 1.165) is 10.8 Å². The van der Waals surface area contributed by atoms with E-state index in [0.29, 0.717) is 16.4 Å². The highest BCUT2D eigenvalue weighted by atomic mass is 35.5. The van der Waals surface area contributed by atoms with Crippen molar-refractivity contribution < 1.29 is 19.1 Å². The number of rotatable bonds is 7. The number of benzene rings is 3. The van der Waals surface area contributed by atoms with Gasteiger partial charge in [0.2, 0.25) is 5.91 Å². The summed E-state index contributed by atoms with van der Waals surface area (Å²) in [5.74, 6) is -1.52. The van der Waals surface area contributed by atoms with Gasteiger partial charge in [0.15, 0.2) is 6.61 Å². The zero-order valence-electron chi connectivity index (χ0n) is 15.8. The number of nitrogens with one attached hydrogen (secondary N) is 2. The summed E-state index contributed by atoms with van der Waals surface area (Å²) in [6, 6.07) is 17.9. The third kappa shape index (κ3) is 5.95. The normalized spacial score (nSPS) is 10.5. The molecular weight excluding hydrogens is 427 g/mol. The van der Waals surface area contributed by atoms with Gasteiger partial charge in [0.05, 0.1) is 17.1 Å². The highest BCUT2D eigenvalue weighted by Crippen LogP contribution is 2.25. The van der Waals surface area contributed by atoms with E-state index < -0.39 is 18.5 Å². The quantitative estimate of drug-likeness (QED) is 0.499. The van der Waals surface area contributed by atoms with Gasteiger partial charge in [0.25, 0.3) is 5.91 Å². The summed E-state index contributed by atoms with van der Waals surface area (Å²) in [6.45, 7) is -0.483. The van der Waals surface area contributed by atoms with Gasteiger partial charge in [-0.25, -0.2) is 0 Å². The van der Waals surface area contributed by atoms with Crippen LogP contribution < -0.4 is 10.6 Å². The maximum absolute atomic E-state index is 12.2. The SMILES string of the molecule is O=C(COC(=O)CCC(=O)Nc1cccc2ccccc12)Nc1ccc(Cl)cc1Cl. The molecule has 3 aromatic rings. The number of hydrogen-bond acceptors (Lipinski definition) is 4. The number of halogens is 2. The summed E-state index contributed by atoms with van der Waals surface area (Å²) >= 11 is 11.8. The molecule has 2 N–H and O–H groups in total. The second-order valence-corrected chi connectivity index (χ2v) is 7.25. The molecule has 0 heterocycles. The third-order valence-electron chi connectivity index (χ3n) is 4.19. The summed E-state index contributed by atoms with van der Waals surface area (Å²) in [5, 5.41) is 7.94. The van der Waals surface area contributed by atoms with Crippen LogP contribution >= 0.6 is 23.2 Å². The number of amides is 2. The first-order valence-corrected chi connectivity index (χ1v) is 9.86. The average molecular weight is 445 g/mol. The number of carbonyl (C=O) groups excluding carboxylic acids is 3. The van der Waals surface area contributed by atoms with Crippen molar-refractivity contribution >= 4 is 63.1 Å². The molecule has 0 aliphatic carbocycles. The van der Waals surface area contributed by atoms with Crippen LogP contribution in [0.3, 0.4) is 0 Å². The summed E-state index contributed by atoms with van der Waals surface area (Å²) in [4.78, 5) is 35.9. The Balaban J connectivity index is 1.44. The molecule has 0 bridgehead atoms. The number of fused-ring (bicyclic) bond motifs is 1. The van der Waals surface area contributed by atoms with Crippen molar-refractivity contribution in [2.45, 2.75) is 12.8 Å². The largest absolute Gasteiger partial charge is 0.456 e. The second-order valence-electron chi connectivity index (χ2n) is 6.41. The number of carbonyl (C=O) groups is 3. The number of esters is 1. The molecule has 3 aromatic carbocycles. The molecule has 0 aliphatic heterocycles. The van der Waals surface area contributed by atoms with E-state index in [1.807, 2.05) is 36.4 Å². The smallest absolute Gasteiger partial charge is 0.306 e. The molecule has 0 fully saturated rings. The Kier molecular flexibility index (Phi) is 7.27. The first-order chi connectivity index (χ1) is 14.4. The fourth-order valence-electron chi connectivity index (χ4n) is 2.76. The van der Waals surface area contributed by atoms with E-state index in [-0.39, 0.29) is 23.8 Å². The van der Waals surface area contributed by atoms with Crippen LogP contribution in [0.15, 0.2) is 60.7 Å². The van der Waals surface area contributed by atoms with Crippen LogP contribution in [0.5, 0.6) is 0 Å². The minimum Gasteiger partial charge on any atom is -0.456 e. The van der Waals surface area contributed by atoms with Crippen LogP contribution in [-0.4, -0.2) is 24.4 Å². The lowest BCUT2D eigenvalue weighted by Gasteiger charge is -2.09. The number of ether oxygens (including phenoxy) is 1. The predicted octanol–water partition coefficient (Wildman–Crippen LogP) is 5.05. The van der Waals surface area contributed by atoms with Crippen LogP contribution in [0.4, 0.5) is 11.4 Å². The van der Waals surface area contributed by atoms with E-state index in [4.69, 9.17) is 27.9 Å². The Labute approximate surface area is 183 Å². The first kappa shape index (κ1) is 21.6. The van der Waals surface area contributed by atoms with Crippen molar-refractivity contribution in [3.8, 4) is 0 Å². The van der Waals surface area contributed by atoms with Crippen LogP contribution in [0.25, 0.3) is 10.8 Å². The van der Waals surface area contributed by atoms with Crippen molar-refractivity contribution in [1.82, 2.24) is 0 Å². The molecule has 0 unspecified atom stereocenters. The Morgan fingerprint density at radius 3 is 2.33 bits per heavy atom. The number of hydrogen-bond donors (Lipinski definition) is 2. The molecule has 3 rings (SSSR count). The highest BCUT2D eigenvalue weighted by Gasteiger charge is 2.12. The van der Waals surface area contributed by atoms with Crippen molar-refractivity contribution in [2.75, 3.05) is 17.2 Å².